The van der Waals surface area contributed by atoms with Gasteiger partial charge in [0.2, 0.25) is 0 Å². The van der Waals surface area contributed by atoms with E-state index in [1.807, 2.05) is 60.7 Å². The smallest absolute Gasteiger partial charge is 0.174 e. The molecule has 0 N–H and O–H groups in total. The second-order valence-electron chi connectivity index (χ2n) is 5.99. The highest BCUT2D eigenvalue weighted by atomic mass is 127. The summed E-state index contributed by atoms with van der Waals surface area (Å²) in [7, 11) is 1.61. The molecule has 0 heterocycles. The predicted octanol–water partition coefficient (Wildman–Crippen LogP) is 6.60. The van der Waals surface area contributed by atoms with E-state index in [0.29, 0.717) is 28.7 Å². The Morgan fingerprint density at radius 2 is 1.89 bits per heavy atom. The summed E-state index contributed by atoms with van der Waals surface area (Å²) in [6.07, 6.45) is 1.82. The van der Waals surface area contributed by atoms with Gasteiger partial charge >= 0.3 is 0 Å². The number of halogens is 2. The van der Waals surface area contributed by atoms with E-state index in [1.165, 1.54) is 0 Å². The van der Waals surface area contributed by atoms with Crippen LogP contribution in [-0.4, -0.2) is 7.11 Å². The van der Waals surface area contributed by atoms with Crippen molar-refractivity contribution in [2.24, 2.45) is 0 Å². The molecule has 0 bridgehead atoms. The molecule has 3 rings (SSSR count). The van der Waals surface area contributed by atoms with Gasteiger partial charge in [-0.3, -0.25) is 0 Å². The van der Waals surface area contributed by atoms with Crippen LogP contribution in [0.5, 0.6) is 11.5 Å². The molecule has 3 aromatic rings. The van der Waals surface area contributed by atoms with Crippen LogP contribution >= 0.6 is 34.2 Å². The van der Waals surface area contributed by atoms with Crippen LogP contribution in [0.3, 0.4) is 0 Å². The lowest BCUT2D eigenvalue weighted by atomic mass is 10.0. The molecule has 0 fully saturated rings. The number of hydrogen-bond acceptors (Lipinski definition) is 3. The quantitative estimate of drug-likeness (QED) is 0.217. The number of nitrogens with zero attached hydrogens (tertiary/aromatic N) is 1. The van der Waals surface area contributed by atoms with Crippen molar-refractivity contribution >= 4 is 45.8 Å². The van der Waals surface area contributed by atoms with E-state index in [1.54, 1.807) is 19.2 Å². The SMILES string of the molecule is COc1cc(/C=C(/C#N)c2cccc(Cl)c2)cc(I)c1OCc1ccccc1. The molecular weight excluding hydrogens is 485 g/mol. The maximum atomic E-state index is 9.57. The number of ether oxygens (including phenoxy) is 2. The van der Waals surface area contributed by atoms with Gasteiger partial charge in [0.1, 0.15) is 6.61 Å². The van der Waals surface area contributed by atoms with E-state index in [9.17, 15) is 5.26 Å². The third kappa shape index (κ3) is 5.06. The molecule has 0 atom stereocenters. The third-order valence-corrected chi connectivity index (χ3v) is 5.08. The molecule has 3 nitrogen and oxygen atoms in total. The lowest BCUT2D eigenvalue weighted by Gasteiger charge is -2.14. The van der Waals surface area contributed by atoms with E-state index in [2.05, 4.69) is 28.7 Å². The fourth-order valence-electron chi connectivity index (χ4n) is 2.70. The zero-order chi connectivity index (χ0) is 19.9. The number of hydrogen-bond donors (Lipinski definition) is 0. The molecule has 3 aromatic carbocycles. The van der Waals surface area contributed by atoms with Gasteiger partial charge in [-0.1, -0.05) is 54.1 Å². The van der Waals surface area contributed by atoms with Crippen molar-refractivity contribution < 1.29 is 9.47 Å². The molecule has 0 aliphatic carbocycles. The molecule has 0 aliphatic rings. The maximum Gasteiger partial charge on any atom is 0.174 e. The number of methoxy groups -OCH3 is 1. The lowest BCUT2D eigenvalue weighted by Crippen LogP contribution is -2.00. The highest BCUT2D eigenvalue weighted by Gasteiger charge is 2.12. The summed E-state index contributed by atoms with van der Waals surface area (Å²) in [5, 5.41) is 10.2. The second-order valence-corrected chi connectivity index (χ2v) is 7.59. The minimum absolute atomic E-state index is 0.453. The van der Waals surface area contributed by atoms with Gasteiger partial charge in [-0.05, 0) is 69.6 Å². The van der Waals surface area contributed by atoms with Crippen molar-refractivity contribution in [3.63, 3.8) is 0 Å². The number of rotatable bonds is 6. The fourth-order valence-corrected chi connectivity index (χ4v) is 3.67. The Balaban J connectivity index is 1.91. The lowest BCUT2D eigenvalue weighted by molar-refractivity contribution is 0.282. The minimum atomic E-state index is 0.453. The van der Waals surface area contributed by atoms with Crippen molar-refractivity contribution in [1.82, 2.24) is 0 Å². The van der Waals surface area contributed by atoms with Crippen molar-refractivity contribution in [2.45, 2.75) is 6.61 Å². The summed E-state index contributed by atoms with van der Waals surface area (Å²) in [6.45, 7) is 0.453. The van der Waals surface area contributed by atoms with Crippen LogP contribution in [0.1, 0.15) is 16.7 Å². The normalized spacial score (nSPS) is 11.0. The van der Waals surface area contributed by atoms with Gasteiger partial charge < -0.3 is 9.47 Å². The molecule has 0 spiro atoms. The van der Waals surface area contributed by atoms with E-state index in [0.717, 1.165) is 20.3 Å². The molecule has 0 unspecified atom stereocenters. The summed E-state index contributed by atoms with van der Waals surface area (Å²) in [4.78, 5) is 0. The third-order valence-electron chi connectivity index (χ3n) is 4.04. The molecular formula is C23H17ClINO2. The van der Waals surface area contributed by atoms with Gasteiger partial charge in [0.05, 0.1) is 22.3 Å². The molecule has 0 saturated carbocycles. The zero-order valence-electron chi connectivity index (χ0n) is 15.2. The fraction of sp³-hybridized carbons (Fsp3) is 0.0870. The van der Waals surface area contributed by atoms with Crippen LogP contribution in [0.2, 0.25) is 5.02 Å². The molecule has 0 aromatic heterocycles. The number of allylic oxidation sites excluding steroid dienone is 1. The molecule has 0 saturated heterocycles. The average Bonchev–Trinajstić information content (AvgIpc) is 2.71. The summed E-state index contributed by atoms with van der Waals surface area (Å²) in [5.74, 6) is 1.31. The van der Waals surface area contributed by atoms with Crippen molar-refractivity contribution in [3.8, 4) is 17.6 Å². The first-order valence-corrected chi connectivity index (χ1v) is 9.98. The van der Waals surface area contributed by atoms with Crippen LogP contribution in [0.4, 0.5) is 0 Å². The molecule has 0 amide bonds. The van der Waals surface area contributed by atoms with Gasteiger partial charge in [-0.2, -0.15) is 5.26 Å². The van der Waals surface area contributed by atoms with E-state index >= 15 is 0 Å². The van der Waals surface area contributed by atoms with Crippen LogP contribution in [-0.2, 0) is 6.61 Å². The molecule has 0 aliphatic heterocycles. The van der Waals surface area contributed by atoms with Crippen LogP contribution in [0, 0.1) is 14.9 Å². The van der Waals surface area contributed by atoms with Gasteiger partial charge in [0.15, 0.2) is 11.5 Å². The van der Waals surface area contributed by atoms with Gasteiger partial charge in [0, 0.05) is 5.02 Å². The molecule has 5 heteroatoms. The van der Waals surface area contributed by atoms with Crippen LogP contribution < -0.4 is 9.47 Å². The Bertz CT molecular complexity index is 1040. The Kier molecular flexibility index (Phi) is 6.96. The molecule has 28 heavy (non-hydrogen) atoms. The van der Waals surface area contributed by atoms with Crippen LogP contribution in [0.25, 0.3) is 11.6 Å². The number of benzene rings is 3. The largest absolute Gasteiger partial charge is 0.493 e. The Morgan fingerprint density at radius 1 is 1.11 bits per heavy atom. The highest BCUT2D eigenvalue weighted by molar-refractivity contribution is 14.1. The molecule has 140 valence electrons. The maximum absolute atomic E-state index is 9.57. The second kappa shape index (κ2) is 9.63. The Hall–Kier alpha value is -2.49. The summed E-state index contributed by atoms with van der Waals surface area (Å²) in [6, 6.07) is 23.3. The Labute approximate surface area is 183 Å². The van der Waals surface area contributed by atoms with Gasteiger partial charge in [-0.15, -0.1) is 0 Å². The van der Waals surface area contributed by atoms with Crippen molar-refractivity contribution in [3.05, 3.63) is 92.0 Å². The van der Waals surface area contributed by atoms with E-state index < -0.39 is 0 Å². The standard InChI is InChI=1S/C23H17ClINO2/c1-27-22-12-17(10-19(14-26)18-8-5-9-20(24)13-18)11-21(25)23(22)28-15-16-6-3-2-4-7-16/h2-13H,15H2,1H3/b19-10-. The average molecular weight is 502 g/mol. The van der Waals surface area contributed by atoms with Gasteiger partial charge in [0.25, 0.3) is 0 Å². The summed E-state index contributed by atoms with van der Waals surface area (Å²) < 4.78 is 12.4. The predicted molar refractivity (Wildman–Crippen MR) is 121 cm³/mol. The minimum Gasteiger partial charge on any atom is -0.493 e. The number of nitriles is 1. The zero-order valence-corrected chi connectivity index (χ0v) is 18.1. The topological polar surface area (TPSA) is 42.2 Å². The highest BCUT2D eigenvalue weighted by Crippen LogP contribution is 2.35. The monoisotopic (exact) mass is 501 g/mol. The summed E-state index contributed by atoms with van der Waals surface area (Å²) >= 11 is 8.27. The summed E-state index contributed by atoms with van der Waals surface area (Å²) in [5.41, 5.74) is 3.23. The van der Waals surface area contributed by atoms with E-state index in [-0.39, 0.29) is 0 Å². The Morgan fingerprint density at radius 3 is 2.57 bits per heavy atom. The van der Waals surface area contributed by atoms with Crippen molar-refractivity contribution in [2.75, 3.05) is 7.11 Å². The van der Waals surface area contributed by atoms with E-state index in [4.69, 9.17) is 21.1 Å². The van der Waals surface area contributed by atoms with Crippen LogP contribution in [0.15, 0.2) is 66.7 Å². The first-order chi connectivity index (χ1) is 13.6. The van der Waals surface area contributed by atoms with Crippen molar-refractivity contribution in [1.29, 1.82) is 5.26 Å². The molecule has 0 radical (unpaired) electrons. The first kappa shape index (κ1) is 20.2. The van der Waals surface area contributed by atoms with Gasteiger partial charge in [-0.25, -0.2) is 0 Å². The first-order valence-electron chi connectivity index (χ1n) is 8.52.